The number of thiocarbonyl (C=S) groups is 1. The maximum absolute atomic E-state index is 13.2. The Morgan fingerprint density at radius 2 is 1.97 bits per heavy atom. The first kappa shape index (κ1) is 24.9. The summed E-state index contributed by atoms with van der Waals surface area (Å²) < 4.78 is 19.3. The standard InChI is InChI=1S/C25H18BrFN2O4S2/c1-2-33-20-11-14(10-19(26)22(20)30)12-21-24(32)29(25(34)35-21)18-5-3-4-15(13-18)23(31)28-17-8-6-16(27)7-9-17/h3-13,30H,2H2,1H3,(H,28,31)/b21-12+. The molecule has 1 fully saturated rings. The van der Waals surface area contributed by atoms with Gasteiger partial charge in [0.05, 0.1) is 21.7 Å². The Hall–Kier alpha value is -3.21. The molecule has 1 heterocycles. The third-order valence-corrected chi connectivity index (χ3v) is 6.82. The number of phenolic OH excluding ortho intramolecular Hbond substituents is 1. The molecule has 0 atom stereocenters. The monoisotopic (exact) mass is 572 g/mol. The number of halogens is 2. The van der Waals surface area contributed by atoms with Crippen molar-refractivity contribution in [3.63, 3.8) is 0 Å². The van der Waals surface area contributed by atoms with Gasteiger partial charge in [-0.2, -0.15) is 0 Å². The van der Waals surface area contributed by atoms with E-state index in [0.29, 0.717) is 48.6 Å². The van der Waals surface area contributed by atoms with E-state index in [4.69, 9.17) is 17.0 Å². The summed E-state index contributed by atoms with van der Waals surface area (Å²) in [6.45, 7) is 2.18. The number of thioether (sulfide) groups is 1. The lowest BCUT2D eigenvalue weighted by Crippen LogP contribution is -2.27. The fourth-order valence-corrected chi connectivity index (χ4v) is 5.07. The number of amides is 2. The second kappa shape index (κ2) is 10.6. The highest BCUT2D eigenvalue weighted by Crippen LogP contribution is 2.39. The lowest BCUT2D eigenvalue weighted by atomic mass is 10.1. The van der Waals surface area contributed by atoms with Crippen LogP contribution in [0.2, 0.25) is 0 Å². The predicted octanol–water partition coefficient (Wildman–Crippen LogP) is 6.35. The van der Waals surface area contributed by atoms with E-state index in [-0.39, 0.29) is 11.7 Å². The van der Waals surface area contributed by atoms with Gasteiger partial charge in [-0.25, -0.2) is 4.39 Å². The van der Waals surface area contributed by atoms with E-state index in [1.54, 1.807) is 49.4 Å². The van der Waals surface area contributed by atoms with Crippen LogP contribution in [0.15, 0.2) is 70.0 Å². The Balaban J connectivity index is 1.58. The smallest absolute Gasteiger partial charge is 0.270 e. The minimum absolute atomic E-state index is 0.0210. The summed E-state index contributed by atoms with van der Waals surface area (Å²) in [6.07, 6.45) is 1.66. The molecule has 6 nitrogen and oxygen atoms in total. The number of carbonyl (C=O) groups excluding carboxylic acids is 2. The van der Waals surface area contributed by atoms with Gasteiger partial charge in [0.15, 0.2) is 15.8 Å². The molecule has 3 aromatic rings. The van der Waals surface area contributed by atoms with Gasteiger partial charge in [-0.05, 0) is 89.1 Å². The number of rotatable bonds is 6. The van der Waals surface area contributed by atoms with E-state index in [2.05, 4.69) is 21.2 Å². The number of aromatic hydroxyl groups is 1. The summed E-state index contributed by atoms with van der Waals surface area (Å²) in [5, 5.41) is 12.8. The molecule has 4 rings (SSSR count). The number of carbonyl (C=O) groups is 2. The number of hydrogen-bond donors (Lipinski definition) is 2. The normalized spacial score (nSPS) is 14.5. The van der Waals surface area contributed by atoms with Crippen LogP contribution in [-0.2, 0) is 4.79 Å². The largest absolute Gasteiger partial charge is 0.503 e. The Labute approximate surface area is 218 Å². The van der Waals surface area contributed by atoms with Gasteiger partial charge in [0.2, 0.25) is 0 Å². The molecule has 1 saturated heterocycles. The van der Waals surface area contributed by atoms with Crippen molar-refractivity contribution in [2.45, 2.75) is 6.92 Å². The highest BCUT2D eigenvalue weighted by Gasteiger charge is 2.33. The van der Waals surface area contributed by atoms with Crippen LogP contribution in [0.3, 0.4) is 0 Å². The van der Waals surface area contributed by atoms with Crippen LogP contribution < -0.4 is 15.0 Å². The number of benzene rings is 3. The number of ether oxygens (including phenoxy) is 1. The molecule has 0 unspecified atom stereocenters. The average Bonchev–Trinajstić information content (AvgIpc) is 3.11. The van der Waals surface area contributed by atoms with Gasteiger partial charge in [0.25, 0.3) is 11.8 Å². The molecular weight excluding hydrogens is 555 g/mol. The van der Waals surface area contributed by atoms with Crippen molar-refractivity contribution in [2.24, 2.45) is 0 Å². The molecule has 1 aliphatic rings. The molecular formula is C25H18BrFN2O4S2. The number of nitrogens with one attached hydrogen (secondary N) is 1. The Bertz CT molecular complexity index is 1360. The molecule has 10 heteroatoms. The molecule has 2 amide bonds. The predicted molar refractivity (Wildman–Crippen MR) is 143 cm³/mol. The summed E-state index contributed by atoms with van der Waals surface area (Å²) in [5.41, 5.74) is 1.85. The molecule has 0 radical (unpaired) electrons. The van der Waals surface area contributed by atoms with Crippen molar-refractivity contribution in [1.29, 1.82) is 0 Å². The topological polar surface area (TPSA) is 78.9 Å². The Morgan fingerprint density at radius 3 is 2.69 bits per heavy atom. The van der Waals surface area contributed by atoms with E-state index in [0.717, 1.165) is 11.8 Å². The molecule has 0 aliphatic carbocycles. The Morgan fingerprint density at radius 1 is 1.23 bits per heavy atom. The summed E-state index contributed by atoms with van der Waals surface area (Å²) in [7, 11) is 0. The van der Waals surface area contributed by atoms with Crippen molar-refractivity contribution < 1.29 is 23.8 Å². The van der Waals surface area contributed by atoms with Gasteiger partial charge >= 0.3 is 0 Å². The lowest BCUT2D eigenvalue weighted by Gasteiger charge is -2.15. The summed E-state index contributed by atoms with van der Waals surface area (Å²) in [5.74, 6) is -0.868. The third-order valence-electron chi connectivity index (χ3n) is 4.91. The minimum atomic E-state index is -0.406. The summed E-state index contributed by atoms with van der Waals surface area (Å²) in [4.78, 5) is 27.6. The minimum Gasteiger partial charge on any atom is -0.503 e. The maximum Gasteiger partial charge on any atom is 0.270 e. The molecule has 178 valence electrons. The quantitative estimate of drug-likeness (QED) is 0.264. The van der Waals surface area contributed by atoms with Gasteiger partial charge < -0.3 is 15.2 Å². The lowest BCUT2D eigenvalue weighted by molar-refractivity contribution is -0.113. The summed E-state index contributed by atoms with van der Waals surface area (Å²) in [6, 6.07) is 15.3. The number of nitrogens with zero attached hydrogens (tertiary/aromatic N) is 1. The highest BCUT2D eigenvalue weighted by atomic mass is 79.9. The number of phenols is 1. The molecule has 0 spiro atoms. The van der Waals surface area contributed by atoms with Gasteiger partial charge in [-0.1, -0.05) is 30.0 Å². The van der Waals surface area contributed by atoms with Crippen LogP contribution in [-0.4, -0.2) is 27.8 Å². The van der Waals surface area contributed by atoms with Crippen LogP contribution >= 0.6 is 39.9 Å². The van der Waals surface area contributed by atoms with Crippen molar-refractivity contribution in [2.75, 3.05) is 16.8 Å². The zero-order valence-electron chi connectivity index (χ0n) is 18.2. The van der Waals surface area contributed by atoms with E-state index in [1.807, 2.05) is 0 Å². The SMILES string of the molecule is CCOc1cc(/C=C2/SC(=S)N(c3cccc(C(=O)Nc4ccc(F)cc4)c3)C2=O)cc(Br)c1O. The maximum atomic E-state index is 13.2. The molecule has 1 aliphatic heterocycles. The first-order valence-corrected chi connectivity index (χ1v) is 12.4. The van der Waals surface area contributed by atoms with E-state index >= 15 is 0 Å². The molecule has 0 aromatic heterocycles. The average molecular weight is 573 g/mol. The molecule has 2 N–H and O–H groups in total. The fraction of sp³-hybridized carbons (Fsp3) is 0.0800. The zero-order valence-corrected chi connectivity index (χ0v) is 21.5. The summed E-state index contributed by atoms with van der Waals surface area (Å²) >= 11 is 9.88. The molecule has 0 saturated carbocycles. The van der Waals surface area contributed by atoms with Crippen LogP contribution in [0.5, 0.6) is 11.5 Å². The van der Waals surface area contributed by atoms with Gasteiger partial charge in [-0.15, -0.1) is 0 Å². The van der Waals surface area contributed by atoms with Crippen LogP contribution in [0, 0.1) is 5.82 Å². The van der Waals surface area contributed by atoms with Crippen LogP contribution in [0.1, 0.15) is 22.8 Å². The molecule has 0 bridgehead atoms. The van der Waals surface area contributed by atoms with Crippen molar-refractivity contribution in [3.05, 3.63) is 87.0 Å². The van der Waals surface area contributed by atoms with Crippen LogP contribution in [0.25, 0.3) is 6.08 Å². The first-order chi connectivity index (χ1) is 16.8. The Kier molecular flexibility index (Phi) is 7.54. The van der Waals surface area contributed by atoms with Gasteiger partial charge in [0.1, 0.15) is 5.82 Å². The number of hydrogen-bond acceptors (Lipinski definition) is 6. The van der Waals surface area contributed by atoms with Gasteiger partial charge in [0, 0.05) is 11.3 Å². The van der Waals surface area contributed by atoms with Gasteiger partial charge in [-0.3, -0.25) is 14.5 Å². The zero-order chi connectivity index (χ0) is 25.1. The third kappa shape index (κ3) is 5.55. The van der Waals surface area contributed by atoms with Crippen molar-refractivity contribution >= 4 is 73.5 Å². The van der Waals surface area contributed by atoms with Crippen LogP contribution in [0.4, 0.5) is 15.8 Å². The fourth-order valence-electron chi connectivity index (χ4n) is 3.31. The second-order valence-electron chi connectivity index (χ2n) is 7.31. The molecule has 3 aromatic carbocycles. The van der Waals surface area contributed by atoms with Crippen molar-refractivity contribution in [3.8, 4) is 11.5 Å². The van der Waals surface area contributed by atoms with Crippen molar-refractivity contribution in [1.82, 2.24) is 0 Å². The highest BCUT2D eigenvalue weighted by molar-refractivity contribution is 9.10. The van der Waals surface area contributed by atoms with E-state index < -0.39 is 11.7 Å². The number of anilines is 2. The first-order valence-electron chi connectivity index (χ1n) is 10.4. The molecule has 35 heavy (non-hydrogen) atoms. The second-order valence-corrected chi connectivity index (χ2v) is 9.84. The van der Waals surface area contributed by atoms with E-state index in [9.17, 15) is 19.1 Å². The van der Waals surface area contributed by atoms with E-state index in [1.165, 1.54) is 29.2 Å².